The molecule has 0 unspecified atom stereocenters. The number of rotatable bonds is 5. The van der Waals surface area contributed by atoms with E-state index in [2.05, 4.69) is 0 Å². The van der Waals surface area contributed by atoms with E-state index < -0.39 is 5.91 Å². The van der Waals surface area contributed by atoms with Crippen LogP contribution in [0.5, 0.6) is 0 Å². The van der Waals surface area contributed by atoms with E-state index in [0.29, 0.717) is 12.1 Å². The number of hydrogen-bond donors (Lipinski definition) is 2. The number of carbonyl (C=O) groups is 2. The number of amides is 2. The van der Waals surface area contributed by atoms with Crippen LogP contribution >= 0.6 is 0 Å². The third-order valence-electron chi connectivity index (χ3n) is 2.89. The minimum Gasteiger partial charge on any atom is -0.311 e. The maximum absolute atomic E-state index is 11.2. The highest BCUT2D eigenvalue weighted by atomic mass is 16.5. The average molecular weight is 270 g/mol. The van der Waals surface area contributed by atoms with Crippen LogP contribution in [-0.2, 0) is 11.3 Å². The van der Waals surface area contributed by atoms with Crippen LogP contribution in [0.3, 0.4) is 0 Å². The first-order chi connectivity index (χ1) is 9.74. The second-order valence-electron chi connectivity index (χ2n) is 4.21. The van der Waals surface area contributed by atoms with Gasteiger partial charge in [0.2, 0.25) is 6.41 Å². The molecule has 0 heterocycles. The molecular weight excluding hydrogens is 256 g/mol. The molecule has 2 amide bonds. The van der Waals surface area contributed by atoms with E-state index in [1.54, 1.807) is 34.6 Å². The number of hydroxylamine groups is 1. The first-order valence-electron chi connectivity index (χ1n) is 6.05. The van der Waals surface area contributed by atoms with Crippen LogP contribution in [0.1, 0.15) is 15.9 Å². The number of carbonyl (C=O) groups excluding carboxylic acids is 2. The van der Waals surface area contributed by atoms with Crippen molar-refractivity contribution in [2.45, 2.75) is 6.54 Å². The molecule has 102 valence electrons. The Hall–Kier alpha value is -2.66. The zero-order valence-corrected chi connectivity index (χ0v) is 10.7. The summed E-state index contributed by atoms with van der Waals surface area (Å²) < 4.78 is 0. The van der Waals surface area contributed by atoms with Crippen LogP contribution in [-0.4, -0.2) is 17.5 Å². The molecule has 0 bridgehead atoms. The van der Waals surface area contributed by atoms with E-state index in [1.807, 2.05) is 30.3 Å². The normalized spacial score (nSPS) is 9.85. The Kier molecular flexibility index (Phi) is 4.47. The highest BCUT2D eigenvalue weighted by Crippen LogP contribution is 2.15. The summed E-state index contributed by atoms with van der Waals surface area (Å²) in [6.45, 7) is 0.411. The van der Waals surface area contributed by atoms with Crippen LogP contribution in [0.2, 0.25) is 0 Å². The van der Waals surface area contributed by atoms with Gasteiger partial charge in [0.15, 0.2) is 0 Å². The topological polar surface area (TPSA) is 69.6 Å². The van der Waals surface area contributed by atoms with E-state index in [4.69, 9.17) is 5.21 Å². The lowest BCUT2D eigenvalue weighted by Gasteiger charge is -2.17. The van der Waals surface area contributed by atoms with Gasteiger partial charge in [-0.25, -0.2) is 5.48 Å². The van der Waals surface area contributed by atoms with Crippen LogP contribution in [0.4, 0.5) is 5.69 Å². The number of nitrogens with zero attached hydrogens (tertiary/aromatic N) is 1. The molecule has 2 N–H and O–H groups in total. The lowest BCUT2D eigenvalue weighted by atomic mass is 10.1. The quantitative estimate of drug-likeness (QED) is 0.496. The summed E-state index contributed by atoms with van der Waals surface area (Å²) in [6, 6.07) is 16.0. The number of para-hydroxylation sites is 1. The van der Waals surface area contributed by atoms with Gasteiger partial charge in [0, 0.05) is 11.3 Å². The van der Waals surface area contributed by atoms with Gasteiger partial charge in [-0.3, -0.25) is 14.8 Å². The summed E-state index contributed by atoms with van der Waals surface area (Å²) in [5.41, 5.74) is 3.62. The predicted octanol–water partition coefficient (Wildman–Crippen LogP) is 1.97. The van der Waals surface area contributed by atoms with Gasteiger partial charge in [0.05, 0.1) is 6.54 Å². The molecule has 0 fully saturated rings. The first-order valence-corrected chi connectivity index (χ1v) is 6.05. The molecule has 0 aliphatic heterocycles. The maximum atomic E-state index is 11.2. The molecule has 2 aromatic carbocycles. The Balaban J connectivity index is 2.12. The van der Waals surface area contributed by atoms with E-state index >= 15 is 0 Å². The summed E-state index contributed by atoms with van der Waals surface area (Å²) >= 11 is 0. The van der Waals surface area contributed by atoms with E-state index in [1.165, 1.54) is 0 Å². The highest BCUT2D eigenvalue weighted by Gasteiger charge is 2.07. The van der Waals surface area contributed by atoms with Crippen LogP contribution in [0.25, 0.3) is 0 Å². The zero-order chi connectivity index (χ0) is 14.4. The Morgan fingerprint density at radius 1 is 1.10 bits per heavy atom. The van der Waals surface area contributed by atoms with E-state index in [9.17, 15) is 9.59 Å². The van der Waals surface area contributed by atoms with Crippen molar-refractivity contribution in [1.82, 2.24) is 5.48 Å². The van der Waals surface area contributed by atoms with Gasteiger partial charge in [0.1, 0.15) is 0 Å². The van der Waals surface area contributed by atoms with Gasteiger partial charge in [-0.2, -0.15) is 0 Å². The molecule has 5 heteroatoms. The third kappa shape index (κ3) is 3.21. The molecule has 2 rings (SSSR count). The van der Waals surface area contributed by atoms with Gasteiger partial charge < -0.3 is 4.90 Å². The molecule has 20 heavy (non-hydrogen) atoms. The third-order valence-corrected chi connectivity index (χ3v) is 2.89. The molecule has 0 aromatic heterocycles. The maximum Gasteiger partial charge on any atom is 0.274 e. The van der Waals surface area contributed by atoms with Crippen LogP contribution in [0, 0.1) is 0 Å². The Bertz CT molecular complexity index is 582. The molecule has 0 aliphatic carbocycles. The number of anilines is 1. The highest BCUT2D eigenvalue weighted by molar-refractivity contribution is 5.93. The molecule has 0 atom stereocenters. The van der Waals surface area contributed by atoms with Gasteiger partial charge in [0.25, 0.3) is 5.91 Å². The SMILES string of the molecule is O=CN(Cc1ccc(C(=O)NO)cc1)c1ccccc1. The lowest BCUT2D eigenvalue weighted by molar-refractivity contribution is -0.107. The minimum absolute atomic E-state index is 0.355. The summed E-state index contributed by atoms with van der Waals surface area (Å²) in [6.07, 6.45) is 0.768. The van der Waals surface area contributed by atoms with Gasteiger partial charge in [-0.1, -0.05) is 30.3 Å². The standard InChI is InChI=1S/C15H14N2O3/c18-11-17(14-4-2-1-3-5-14)10-12-6-8-13(9-7-12)15(19)16-20/h1-9,11,20H,10H2,(H,16,19). The Labute approximate surface area is 116 Å². The van der Waals surface area contributed by atoms with Crippen molar-refractivity contribution < 1.29 is 14.8 Å². The molecule has 0 saturated carbocycles. The second kappa shape index (κ2) is 6.49. The molecule has 5 nitrogen and oxygen atoms in total. The summed E-state index contributed by atoms with van der Waals surface area (Å²) in [5.74, 6) is -0.563. The zero-order valence-electron chi connectivity index (χ0n) is 10.7. The monoisotopic (exact) mass is 270 g/mol. The number of benzene rings is 2. The van der Waals surface area contributed by atoms with Crippen LogP contribution < -0.4 is 10.4 Å². The van der Waals surface area contributed by atoms with Gasteiger partial charge in [-0.15, -0.1) is 0 Å². The Morgan fingerprint density at radius 3 is 2.30 bits per heavy atom. The molecule has 0 aliphatic rings. The second-order valence-corrected chi connectivity index (χ2v) is 4.21. The van der Waals surface area contributed by atoms with E-state index in [-0.39, 0.29) is 0 Å². The summed E-state index contributed by atoms with van der Waals surface area (Å²) in [4.78, 5) is 23.9. The average Bonchev–Trinajstić information content (AvgIpc) is 2.53. The van der Waals surface area contributed by atoms with Crippen molar-refractivity contribution in [2.24, 2.45) is 0 Å². The fourth-order valence-electron chi connectivity index (χ4n) is 1.83. The van der Waals surface area contributed by atoms with Crippen molar-refractivity contribution >= 4 is 18.0 Å². The molecule has 0 spiro atoms. The van der Waals surface area contributed by atoms with Gasteiger partial charge >= 0.3 is 0 Å². The fourth-order valence-corrected chi connectivity index (χ4v) is 1.83. The number of nitrogens with one attached hydrogen (secondary N) is 1. The lowest BCUT2D eigenvalue weighted by Crippen LogP contribution is -2.21. The molecule has 0 radical (unpaired) electrons. The van der Waals surface area contributed by atoms with Crippen LogP contribution in [0.15, 0.2) is 54.6 Å². The van der Waals surface area contributed by atoms with Crippen molar-refractivity contribution in [3.8, 4) is 0 Å². The van der Waals surface area contributed by atoms with Crippen molar-refractivity contribution in [2.75, 3.05) is 4.90 Å². The van der Waals surface area contributed by atoms with Gasteiger partial charge in [-0.05, 0) is 29.8 Å². The predicted molar refractivity (Wildman–Crippen MR) is 74.4 cm³/mol. The van der Waals surface area contributed by atoms with E-state index in [0.717, 1.165) is 17.7 Å². The Morgan fingerprint density at radius 2 is 1.75 bits per heavy atom. The van der Waals surface area contributed by atoms with Crippen molar-refractivity contribution in [3.63, 3.8) is 0 Å². The minimum atomic E-state index is -0.563. The fraction of sp³-hybridized carbons (Fsp3) is 0.0667. The summed E-state index contributed by atoms with van der Waals surface area (Å²) in [5, 5.41) is 8.54. The first kappa shape index (κ1) is 13.8. The molecule has 0 saturated heterocycles. The summed E-state index contributed by atoms with van der Waals surface area (Å²) in [7, 11) is 0. The largest absolute Gasteiger partial charge is 0.311 e. The van der Waals surface area contributed by atoms with Crippen molar-refractivity contribution in [1.29, 1.82) is 0 Å². The van der Waals surface area contributed by atoms with Crippen molar-refractivity contribution in [3.05, 3.63) is 65.7 Å². The molecular formula is C15H14N2O3. The number of hydrogen-bond acceptors (Lipinski definition) is 3. The smallest absolute Gasteiger partial charge is 0.274 e. The molecule has 2 aromatic rings.